The van der Waals surface area contributed by atoms with Crippen molar-refractivity contribution >= 4 is 22.6 Å². The third-order valence-electron chi connectivity index (χ3n) is 4.28. The normalized spacial score (nSPS) is 18.4. The summed E-state index contributed by atoms with van der Waals surface area (Å²) in [4.78, 5) is 0. The summed E-state index contributed by atoms with van der Waals surface area (Å²) in [6, 6.07) is 9.19. The fraction of sp³-hybridized carbons (Fsp3) is 0.625. The lowest BCUT2D eigenvalue weighted by molar-refractivity contribution is 0.313. The quantitative estimate of drug-likeness (QED) is 0.450. The summed E-state index contributed by atoms with van der Waals surface area (Å²) >= 11 is 2.34. The molecule has 106 valence electrons. The van der Waals surface area contributed by atoms with Gasteiger partial charge in [0.15, 0.2) is 0 Å². The molecule has 0 aliphatic heterocycles. The average molecular weight is 372 g/mol. The van der Waals surface area contributed by atoms with Crippen LogP contribution in [-0.2, 0) is 6.42 Å². The van der Waals surface area contributed by atoms with Gasteiger partial charge in [0.25, 0.3) is 0 Å². The second-order valence-corrected chi connectivity index (χ2v) is 7.02. The highest BCUT2D eigenvalue weighted by atomic mass is 127. The molecule has 1 atom stereocenters. The Labute approximate surface area is 130 Å². The Bertz CT molecular complexity index is 358. The van der Waals surface area contributed by atoms with Crippen molar-refractivity contribution in [1.82, 2.24) is 5.43 Å². The fourth-order valence-electron chi connectivity index (χ4n) is 3.06. The van der Waals surface area contributed by atoms with Gasteiger partial charge in [-0.2, -0.15) is 0 Å². The first-order valence-electron chi connectivity index (χ1n) is 7.48. The fourth-order valence-corrected chi connectivity index (χ4v) is 3.42. The van der Waals surface area contributed by atoms with Crippen molar-refractivity contribution in [1.29, 1.82) is 0 Å². The van der Waals surface area contributed by atoms with Crippen LogP contribution in [0.5, 0.6) is 0 Å². The predicted octanol–water partition coefficient (Wildman–Crippen LogP) is 4.03. The molecule has 1 fully saturated rings. The minimum atomic E-state index is 0.419. The van der Waals surface area contributed by atoms with E-state index in [1.807, 2.05) is 0 Å². The van der Waals surface area contributed by atoms with Crippen molar-refractivity contribution in [3.05, 3.63) is 33.4 Å². The molecule has 1 aromatic rings. The Kier molecular flexibility index (Phi) is 6.61. The van der Waals surface area contributed by atoms with Crippen LogP contribution >= 0.6 is 22.6 Å². The zero-order chi connectivity index (χ0) is 13.5. The smallest absolute Gasteiger partial charge is 0.0251 e. The first-order valence-corrected chi connectivity index (χ1v) is 8.56. The number of rotatable bonds is 6. The number of hydrogen-bond acceptors (Lipinski definition) is 2. The third kappa shape index (κ3) is 5.40. The molecule has 0 saturated heterocycles. The molecule has 1 aromatic carbocycles. The lowest BCUT2D eigenvalue weighted by atomic mass is 9.84. The van der Waals surface area contributed by atoms with Crippen LogP contribution in [-0.4, -0.2) is 6.04 Å². The lowest BCUT2D eigenvalue weighted by Gasteiger charge is -2.24. The van der Waals surface area contributed by atoms with Gasteiger partial charge in [0.2, 0.25) is 0 Å². The summed E-state index contributed by atoms with van der Waals surface area (Å²) in [5, 5.41) is 0. The van der Waals surface area contributed by atoms with E-state index >= 15 is 0 Å². The number of nitrogens with two attached hydrogens (primary N) is 1. The molecule has 1 aliphatic rings. The zero-order valence-corrected chi connectivity index (χ0v) is 13.7. The summed E-state index contributed by atoms with van der Waals surface area (Å²) in [6.07, 6.45) is 10.7. The molecule has 0 heterocycles. The molecule has 0 aromatic heterocycles. The summed E-state index contributed by atoms with van der Waals surface area (Å²) in [5.74, 6) is 6.66. The van der Waals surface area contributed by atoms with Crippen molar-refractivity contribution in [2.75, 3.05) is 0 Å². The molecule has 1 saturated carbocycles. The second-order valence-electron chi connectivity index (χ2n) is 5.78. The monoisotopic (exact) mass is 372 g/mol. The molecule has 0 spiro atoms. The van der Waals surface area contributed by atoms with Crippen molar-refractivity contribution in [2.45, 2.75) is 57.4 Å². The van der Waals surface area contributed by atoms with Gasteiger partial charge in [0.05, 0.1) is 0 Å². The van der Waals surface area contributed by atoms with Crippen molar-refractivity contribution < 1.29 is 0 Å². The van der Waals surface area contributed by atoms with Gasteiger partial charge in [0.1, 0.15) is 0 Å². The SMILES string of the molecule is NNC(CCC1CCCCC1)Cc1ccc(I)cc1. The van der Waals surface area contributed by atoms with E-state index in [0.29, 0.717) is 6.04 Å². The minimum absolute atomic E-state index is 0.419. The molecule has 2 nitrogen and oxygen atoms in total. The molecular formula is C16H25IN2. The van der Waals surface area contributed by atoms with Crippen LogP contribution in [0.1, 0.15) is 50.5 Å². The molecular weight excluding hydrogens is 347 g/mol. The van der Waals surface area contributed by atoms with E-state index in [9.17, 15) is 0 Å². The number of halogens is 1. The summed E-state index contributed by atoms with van der Waals surface area (Å²) < 4.78 is 1.29. The molecule has 0 radical (unpaired) electrons. The molecule has 0 amide bonds. The Morgan fingerprint density at radius 1 is 1.16 bits per heavy atom. The van der Waals surface area contributed by atoms with Gasteiger partial charge in [-0.1, -0.05) is 44.2 Å². The molecule has 2 rings (SSSR count). The first-order chi connectivity index (χ1) is 9.28. The summed E-state index contributed by atoms with van der Waals surface area (Å²) in [6.45, 7) is 0. The molecule has 19 heavy (non-hydrogen) atoms. The van der Waals surface area contributed by atoms with Gasteiger partial charge < -0.3 is 0 Å². The van der Waals surface area contributed by atoms with Gasteiger partial charge in [0, 0.05) is 9.61 Å². The van der Waals surface area contributed by atoms with Crippen LogP contribution < -0.4 is 11.3 Å². The van der Waals surface area contributed by atoms with Crippen molar-refractivity contribution in [3.63, 3.8) is 0 Å². The maximum Gasteiger partial charge on any atom is 0.0251 e. The molecule has 1 aliphatic carbocycles. The number of benzene rings is 1. The van der Waals surface area contributed by atoms with Crippen LogP contribution in [0.3, 0.4) is 0 Å². The van der Waals surface area contributed by atoms with E-state index in [-0.39, 0.29) is 0 Å². The highest BCUT2D eigenvalue weighted by Crippen LogP contribution is 2.28. The van der Waals surface area contributed by atoms with E-state index in [1.54, 1.807) is 0 Å². The second kappa shape index (κ2) is 8.22. The standard InChI is InChI=1S/C16H25IN2/c17-15-9-6-14(7-10-15)12-16(19-18)11-8-13-4-2-1-3-5-13/h6-7,9-10,13,16,19H,1-5,8,11-12,18H2. The van der Waals surface area contributed by atoms with Gasteiger partial charge in [-0.3, -0.25) is 11.3 Å². The van der Waals surface area contributed by atoms with E-state index in [4.69, 9.17) is 5.84 Å². The summed E-state index contributed by atoms with van der Waals surface area (Å²) in [5.41, 5.74) is 4.38. The van der Waals surface area contributed by atoms with Crippen LogP contribution in [0.2, 0.25) is 0 Å². The van der Waals surface area contributed by atoms with E-state index in [1.165, 1.54) is 54.1 Å². The molecule has 3 N–H and O–H groups in total. The Morgan fingerprint density at radius 3 is 2.47 bits per heavy atom. The number of hydrazine groups is 1. The van der Waals surface area contributed by atoms with E-state index < -0.39 is 0 Å². The third-order valence-corrected chi connectivity index (χ3v) is 5.00. The van der Waals surface area contributed by atoms with Crippen LogP contribution in [0.25, 0.3) is 0 Å². The van der Waals surface area contributed by atoms with Gasteiger partial charge in [-0.15, -0.1) is 0 Å². The Balaban J connectivity index is 1.77. The Hall–Kier alpha value is -0.130. The largest absolute Gasteiger partial charge is 0.271 e. The maximum absolute atomic E-state index is 5.71. The average Bonchev–Trinajstić information content (AvgIpc) is 2.46. The zero-order valence-electron chi connectivity index (χ0n) is 11.6. The number of hydrogen-bond donors (Lipinski definition) is 2. The van der Waals surface area contributed by atoms with Crippen LogP contribution in [0, 0.1) is 9.49 Å². The van der Waals surface area contributed by atoms with Crippen molar-refractivity contribution in [3.8, 4) is 0 Å². The number of nitrogens with one attached hydrogen (secondary N) is 1. The van der Waals surface area contributed by atoms with E-state index in [2.05, 4.69) is 52.3 Å². The highest BCUT2D eigenvalue weighted by molar-refractivity contribution is 14.1. The van der Waals surface area contributed by atoms with Gasteiger partial charge >= 0.3 is 0 Å². The topological polar surface area (TPSA) is 38.0 Å². The maximum atomic E-state index is 5.71. The molecule has 1 unspecified atom stereocenters. The minimum Gasteiger partial charge on any atom is -0.271 e. The van der Waals surface area contributed by atoms with Gasteiger partial charge in [-0.25, -0.2) is 0 Å². The first kappa shape index (κ1) is 15.3. The van der Waals surface area contributed by atoms with Crippen molar-refractivity contribution in [2.24, 2.45) is 11.8 Å². The molecule has 0 bridgehead atoms. The highest BCUT2D eigenvalue weighted by Gasteiger charge is 2.16. The predicted molar refractivity (Wildman–Crippen MR) is 89.8 cm³/mol. The van der Waals surface area contributed by atoms with Crippen LogP contribution in [0.15, 0.2) is 24.3 Å². The lowest BCUT2D eigenvalue weighted by Crippen LogP contribution is -2.37. The van der Waals surface area contributed by atoms with E-state index in [0.717, 1.165) is 12.3 Å². The van der Waals surface area contributed by atoms with Gasteiger partial charge in [-0.05, 0) is 65.5 Å². The van der Waals surface area contributed by atoms with Crippen LogP contribution in [0.4, 0.5) is 0 Å². The Morgan fingerprint density at radius 2 is 1.84 bits per heavy atom. The molecule has 3 heteroatoms. The summed E-state index contributed by atoms with van der Waals surface area (Å²) in [7, 11) is 0.